The quantitative estimate of drug-likeness (QED) is 0.734. The molecule has 0 unspecified atom stereocenters. The van der Waals surface area contributed by atoms with E-state index in [0.717, 1.165) is 32.9 Å². The molecule has 5 heteroatoms. The van der Waals surface area contributed by atoms with Gasteiger partial charge in [0, 0.05) is 23.5 Å². The molecule has 0 aliphatic rings. The van der Waals surface area contributed by atoms with E-state index in [1.807, 2.05) is 57.5 Å². The fraction of sp³-hybridized carbons (Fsp3) is 0.278. The maximum Gasteiger partial charge on any atom is 0.254 e. The van der Waals surface area contributed by atoms with E-state index in [-0.39, 0.29) is 5.91 Å². The van der Waals surface area contributed by atoms with Crippen LogP contribution in [-0.4, -0.2) is 27.8 Å². The number of carbonyl (C=O) groups excluding carboxylic acids is 1. The van der Waals surface area contributed by atoms with Crippen LogP contribution in [0.4, 0.5) is 0 Å². The summed E-state index contributed by atoms with van der Waals surface area (Å²) in [5, 5.41) is 3.91. The van der Waals surface area contributed by atoms with Crippen molar-refractivity contribution in [2.45, 2.75) is 27.3 Å². The van der Waals surface area contributed by atoms with Gasteiger partial charge in [0.25, 0.3) is 5.91 Å². The molecule has 3 aromatic rings. The first-order valence-corrected chi connectivity index (χ1v) is 8.36. The highest BCUT2D eigenvalue weighted by atomic mass is 32.1. The fourth-order valence-corrected chi connectivity index (χ4v) is 3.25. The van der Waals surface area contributed by atoms with Crippen LogP contribution < -0.4 is 0 Å². The third-order valence-electron chi connectivity index (χ3n) is 3.74. The van der Waals surface area contributed by atoms with Crippen molar-refractivity contribution in [1.29, 1.82) is 0 Å². The van der Waals surface area contributed by atoms with Gasteiger partial charge in [0.15, 0.2) is 0 Å². The van der Waals surface area contributed by atoms with Gasteiger partial charge in [-0.2, -0.15) is 0 Å². The summed E-state index contributed by atoms with van der Waals surface area (Å²) >= 11 is 1.60. The Morgan fingerprint density at radius 2 is 1.96 bits per heavy atom. The molecule has 118 valence electrons. The summed E-state index contributed by atoms with van der Waals surface area (Å²) in [6.45, 7) is 6.43. The topological polar surface area (TPSA) is 46.1 Å². The second-order valence-electron chi connectivity index (χ2n) is 5.85. The highest BCUT2D eigenvalue weighted by molar-refractivity contribution is 7.09. The van der Waals surface area contributed by atoms with Gasteiger partial charge in [-0.15, -0.1) is 11.3 Å². The maximum absolute atomic E-state index is 12.9. The number of amides is 1. The van der Waals surface area contributed by atoms with Crippen molar-refractivity contribution in [3.63, 3.8) is 0 Å². The molecule has 0 radical (unpaired) electrons. The summed E-state index contributed by atoms with van der Waals surface area (Å²) in [4.78, 5) is 23.6. The molecule has 4 nitrogen and oxygen atoms in total. The van der Waals surface area contributed by atoms with Crippen molar-refractivity contribution >= 4 is 28.1 Å². The number of thiazole rings is 1. The van der Waals surface area contributed by atoms with Crippen LogP contribution in [0.15, 0.2) is 29.6 Å². The third kappa shape index (κ3) is 3.24. The second kappa shape index (κ2) is 6.08. The molecule has 0 atom stereocenters. The Hall–Kier alpha value is -2.27. The lowest BCUT2D eigenvalue weighted by molar-refractivity contribution is 0.0785. The minimum absolute atomic E-state index is 0.00462. The van der Waals surface area contributed by atoms with Crippen LogP contribution in [0.5, 0.6) is 0 Å². The zero-order valence-electron chi connectivity index (χ0n) is 13.8. The largest absolute Gasteiger partial charge is 0.336 e. The standard InChI is InChI=1S/C18H19N3OS/c1-11-5-6-15-16(8-12(2)19-17(15)7-11)18(22)21(4)9-14-10-23-13(3)20-14/h5-8,10H,9H2,1-4H3. The zero-order valence-corrected chi connectivity index (χ0v) is 14.6. The van der Waals surface area contributed by atoms with E-state index in [1.54, 1.807) is 16.2 Å². The Morgan fingerprint density at radius 3 is 2.65 bits per heavy atom. The predicted molar refractivity (Wildman–Crippen MR) is 93.9 cm³/mol. The molecule has 1 amide bonds. The van der Waals surface area contributed by atoms with Gasteiger partial charge in [0.1, 0.15) is 0 Å². The zero-order chi connectivity index (χ0) is 16.6. The van der Waals surface area contributed by atoms with Gasteiger partial charge in [-0.25, -0.2) is 4.98 Å². The number of aromatic nitrogens is 2. The monoisotopic (exact) mass is 325 g/mol. The van der Waals surface area contributed by atoms with E-state index in [9.17, 15) is 4.79 Å². The molecular weight excluding hydrogens is 306 g/mol. The maximum atomic E-state index is 12.9. The van der Waals surface area contributed by atoms with Crippen molar-refractivity contribution < 1.29 is 4.79 Å². The number of hydrogen-bond acceptors (Lipinski definition) is 4. The Labute approximate surface area is 139 Å². The highest BCUT2D eigenvalue weighted by Gasteiger charge is 2.17. The average molecular weight is 325 g/mol. The predicted octanol–water partition coefficient (Wildman–Crippen LogP) is 3.89. The van der Waals surface area contributed by atoms with E-state index in [0.29, 0.717) is 12.1 Å². The molecule has 0 spiro atoms. The minimum Gasteiger partial charge on any atom is -0.336 e. The van der Waals surface area contributed by atoms with Gasteiger partial charge in [-0.05, 0) is 38.5 Å². The van der Waals surface area contributed by atoms with Crippen molar-refractivity contribution in [1.82, 2.24) is 14.9 Å². The Morgan fingerprint density at radius 1 is 1.17 bits per heavy atom. The molecule has 0 fully saturated rings. The molecule has 2 aromatic heterocycles. The number of nitrogens with zero attached hydrogens (tertiary/aromatic N) is 3. The van der Waals surface area contributed by atoms with Crippen LogP contribution >= 0.6 is 11.3 Å². The van der Waals surface area contributed by atoms with Crippen LogP contribution in [0, 0.1) is 20.8 Å². The molecule has 23 heavy (non-hydrogen) atoms. The van der Waals surface area contributed by atoms with Crippen molar-refractivity contribution in [3.8, 4) is 0 Å². The van der Waals surface area contributed by atoms with E-state index in [2.05, 4.69) is 9.97 Å². The van der Waals surface area contributed by atoms with E-state index in [4.69, 9.17) is 0 Å². The number of fused-ring (bicyclic) bond motifs is 1. The van der Waals surface area contributed by atoms with Crippen molar-refractivity contribution in [3.05, 3.63) is 57.2 Å². The number of pyridine rings is 1. The van der Waals surface area contributed by atoms with Crippen molar-refractivity contribution in [2.75, 3.05) is 7.05 Å². The third-order valence-corrected chi connectivity index (χ3v) is 4.56. The molecule has 3 rings (SSSR count). The summed E-state index contributed by atoms with van der Waals surface area (Å²) in [7, 11) is 1.81. The van der Waals surface area contributed by atoms with Gasteiger partial charge < -0.3 is 4.90 Å². The van der Waals surface area contributed by atoms with Crippen LogP contribution in [0.2, 0.25) is 0 Å². The lowest BCUT2D eigenvalue weighted by Crippen LogP contribution is -2.26. The lowest BCUT2D eigenvalue weighted by atomic mass is 10.0. The number of rotatable bonds is 3. The molecule has 2 heterocycles. The molecule has 0 aliphatic carbocycles. The van der Waals surface area contributed by atoms with Crippen LogP contribution in [0.25, 0.3) is 10.9 Å². The lowest BCUT2D eigenvalue weighted by Gasteiger charge is -2.17. The molecule has 0 aliphatic heterocycles. The SMILES string of the molecule is Cc1ccc2c(C(=O)N(C)Cc3csc(C)n3)cc(C)nc2c1. The van der Waals surface area contributed by atoms with Gasteiger partial charge in [0.2, 0.25) is 0 Å². The molecular formula is C18H19N3OS. The smallest absolute Gasteiger partial charge is 0.254 e. The normalized spacial score (nSPS) is 11.0. The molecule has 0 saturated carbocycles. The summed E-state index contributed by atoms with van der Waals surface area (Å²) in [5.41, 5.74) is 4.48. The highest BCUT2D eigenvalue weighted by Crippen LogP contribution is 2.22. The van der Waals surface area contributed by atoms with Gasteiger partial charge in [-0.3, -0.25) is 9.78 Å². The summed E-state index contributed by atoms with van der Waals surface area (Å²) in [5.74, 6) is -0.00462. The average Bonchev–Trinajstić information content (AvgIpc) is 2.90. The summed E-state index contributed by atoms with van der Waals surface area (Å²) < 4.78 is 0. The van der Waals surface area contributed by atoms with Gasteiger partial charge >= 0.3 is 0 Å². The first-order chi connectivity index (χ1) is 10.9. The van der Waals surface area contributed by atoms with Crippen LogP contribution in [0.3, 0.4) is 0 Å². The van der Waals surface area contributed by atoms with E-state index < -0.39 is 0 Å². The Balaban J connectivity index is 1.96. The fourth-order valence-electron chi connectivity index (χ4n) is 2.65. The Kier molecular flexibility index (Phi) is 4.13. The van der Waals surface area contributed by atoms with E-state index >= 15 is 0 Å². The first-order valence-electron chi connectivity index (χ1n) is 7.48. The number of hydrogen-bond donors (Lipinski definition) is 0. The summed E-state index contributed by atoms with van der Waals surface area (Å²) in [6.07, 6.45) is 0. The molecule has 1 aromatic carbocycles. The summed E-state index contributed by atoms with van der Waals surface area (Å²) in [6, 6.07) is 7.87. The second-order valence-corrected chi connectivity index (χ2v) is 6.91. The van der Waals surface area contributed by atoms with E-state index in [1.165, 1.54) is 0 Å². The molecule has 0 bridgehead atoms. The minimum atomic E-state index is -0.00462. The molecule has 0 saturated heterocycles. The number of aryl methyl sites for hydroxylation is 3. The van der Waals surface area contributed by atoms with Crippen LogP contribution in [0.1, 0.15) is 32.3 Å². The van der Waals surface area contributed by atoms with Crippen molar-refractivity contribution in [2.24, 2.45) is 0 Å². The Bertz CT molecular complexity index is 880. The first kappa shape index (κ1) is 15.6. The number of benzene rings is 1. The number of carbonyl (C=O) groups is 1. The molecule has 0 N–H and O–H groups in total. The van der Waals surface area contributed by atoms with Gasteiger partial charge in [0.05, 0.1) is 28.3 Å². The van der Waals surface area contributed by atoms with Crippen LogP contribution in [-0.2, 0) is 6.54 Å². The van der Waals surface area contributed by atoms with Gasteiger partial charge in [-0.1, -0.05) is 12.1 Å².